The van der Waals surface area contributed by atoms with Gasteiger partial charge in [0.25, 0.3) is 5.56 Å². The van der Waals surface area contributed by atoms with E-state index in [0.717, 1.165) is 42.6 Å². The first-order valence-electron chi connectivity index (χ1n) is 7.64. The van der Waals surface area contributed by atoms with Gasteiger partial charge in [0.15, 0.2) is 0 Å². The molecule has 7 heteroatoms. The molecule has 0 aliphatic carbocycles. The van der Waals surface area contributed by atoms with Crippen LogP contribution >= 0.6 is 11.3 Å². The normalized spacial score (nSPS) is 15.3. The number of aromatic nitrogens is 3. The van der Waals surface area contributed by atoms with Crippen molar-refractivity contribution in [2.75, 3.05) is 31.1 Å². The van der Waals surface area contributed by atoms with Gasteiger partial charge in [-0.25, -0.2) is 4.98 Å². The molecular weight excluding hydrogens is 310 g/mol. The van der Waals surface area contributed by atoms with Gasteiger partial charge in [0.05, 0.1) is 0 Å². The molecule has 23 heavy (non-hydrogen) atoms. The summed E-state index contributed by atoms with van der Waals surface area (Å²) in [5.74, 6) is 0.746. The Hall–Kier alpha value is -2.25. The lowest BCUT2D eigenvalue weighted by Crippen LogP contribution is -2.44. The van der Waals surface area contributed by atoms with Gasteiger partial charge in [-0.05, 0) is 13.0 Å². The van der Waals surface area contributed by atoms with Gasteiger partial charge in [0.1, 0.15) is 10.8 Å². The fraction of sp³-hybridized carbons (Fsp3) is 0.312. The summed E-state index contributed by atoms with van der Waals surface area (Å²) in [4.78, 5) is 19.8. The molecule has 3 aromatic rings. The lowest BCUT2D eigenvalue weighted by atomic mass is 10.1. The summed E-state index contributed by atoms with van der Waals surface area (Å²) in [5.41, 5.74) is 2.06. The smallest absolute Gasteiger partial charge is 0.277 e. The van der Waals surface area contributed by atoms with Crippen molar-refractivity contribution < 1.29 is 0 Å². The Morgan fingerprint density at radius 3 is 2.83 bits per heavy atom. The van der Waals surface area contributed by atoms with Crippen LogP contribution in [0.25, 0.3) is 15.5 Å². The van der Waals surface area contributed by atoms with Crippen molar-refractivity contribution in [3.05, 3.63) is 46.2 Å². The summed E-state index contributed by atoms with van der Waals surface area (Å²) in [5, 5.41) is 8.56. The molecule has 3 heterocycles. The molecule has 1 fully saturated rings. The van der Waals surface area contributed by atoms with Gasteiger partial charge < -0.3 is 10.2 Å². The van der Waals surface area contributed by atoms with Crippen molar-refractivity contribution in [2.24, 2.45) is 0 Å². The van der Waals surface area contributed by atoms with E-state index < -0.39 is 0 Å². The molecule has 0 unspecified atom stereocenters. The fourth-order valence-electron chi connectivity index (χ4n) is 2.75. The van der Waals surface area contributed by atoms with Crippen molar-refractivity contribution >= 4 is 22.1 Å². The van der Waals surface area contributed by atoms with Crippen LogP contribution in [-0.4, -0.2) is 40.8 Å². The topological polar surface area (TPSA) is 62.5 Å². The van der Waals surface area contributed by atoms with Crippen LogP contribution in [0.4, 0.5) is 5.82 Å². The average Bonchev–Trinajstić information content (AvgIpc) is 3.00. The first-order valence-corrected chi connectivity index (χ1v) is 8.46. The molecule has 1 saturated heterocycles. The highest BCUT2D eigenvalue weighted by molar-refractivity contribution is 7.19. The molecule has 1 aliphatic rings. The second-order valence-electron chi connectivity index (χ2n) is 5.66. The molecule has 6 nitrogen and oxygen atoms in total. The van der Waals surface area contributed by atoms with Crippen molar-refractivity contribution in [3.63, 3.8) is 0 Å². The standard InChI is InChI=1S/C16H17N5OS/c1-11-3-2-4-12(9-11)15-19-21-14(22)10-13(18-16(21)23-15)20-7-5-17-6-8-20/h2-4,9-10,17H,5-8H2,1H3. The monoisotopic (exact) mass is 327 g/mol. The molecule has 0 bridgehead atoms. The maximum absolute atomic E-state index is 12.4. The maximum Gasteiger partial charge on any atom is 0.277 e. The summed E-state index contributed by atoms with van der Waals surface area (Å²) in [6.45, 7) is 5.61. The van der Waals surface area contributed by atoms with Crippen molar-refractivity contribution in [1.29, 1.82) is 0 Å². The zero-order valence-corrected chi connectivity index (χ0v) is 13.6. The molecule has 0 atom stereocenters. The minimum absolute atomic E-state index is 0.126. The number of nitrogens with zero attached hydrogens (tertiary/aromatic N) is 4. The average molecular weight is 327 g/mol. The Bertz CT molecular complexity index is 910. The predicted molar refractivity (Wildman–Crippen MR) is 92.4 cm³/mol. The fourth-order valence-corrected chi connectivity index (χ4v) is 3.65. The lowest BCUT2D eigenvalue weighted by molar-refractivity contribution is 0.584. The molecule has 0 spiro atoms. The quantitative estimate of drug-likeness (QED) is 0.773. The summed E-state index contributed by atoms with van der Waals surface area (Å²) in [7, 11) is 0. The highest BCUT2D eigenvalue weighted by Gasteiger charge is 2.16. The number of fused-ring (bicyclic) bond motifs is 1. The molecule has 0 saturated carbocycles. The molecule has 1 aromatic carbocycles. The van der Waals surface area contributed by atoms with Crippen LogP contribution in [-0.2, 0) is 0 Å². The summed E-state index contributed by atoms with van der Waals surface area (Å²) in [6, 6.07) is 9.70. The highest BCUT2D eigenvalue weighted by atomic mass is 32.1. The largest absolute Gasteiger partial charge is 0.354 e. The van der Waals surface area contributed by atoms with Crippen LogP contribution in [0.2, 0.25) is 0 Å². The number of benzene rings is 1. The number of nitrogens with one attached hydrogen (secondary N) is 1. The number of rotatable bonds is 2. The zero-order valence-electron chi connectivity index (χ0n) is 12.8. The predicted octanol–water partition coefficient (Wildman–Crippen LogP) is 1.54. The first-order chi connectivity index (χ1) is 11.2. The van der Waals surface area contributed by atoms with Gasteiger partial charge in [-0.1, -0.05) is 35.1 Å². The van der Waals surface area contributed by atoms with E-state index in [1.165, 1.54) is 21.4 Å². The molecule has 118 valence electrons. The summed E-state index contributed by atoms with van der Waals surface area (Å²) >= 11 is 1.45. The van der Waals surface area contributed by atoms with Crippen molar-refractivity contribution in [1.82, 2.24) is 19.9 Å². The van der Waals surface area contributed by atoms with Crippen LogP contribution < -0.4 is 15.8 Å². The van der Waals surface area contributed by atoms with E-state index in [0.29, 0.717) is 4.96 Å². The van der Waals surface area contributed by atoms with Gasteiger partial charge in [-0.2, -0.15) is 9.61 Å². The lowest BCUT2D eigenvalue weighted by Gasteiger charge is -2.27. The van der Waals surface area contributed by atoms with Crippen molar-refractivity contribution in [3.8, 4) is 10.6 Å². The zero-order chi connectivity index (χ0) is 15.8. The molecule has 1 N–H and O–H groups in total. The minimum atomic E-state index is -0.126. The van der Waals surface area contributed by atoms with Crippen molar-refractivity contribution in [2.45, 2.75) is 6.92 Å². The Morgan fingerprint density at radius 1 is 1.22 bits per heavy atom. The van der Waals surface area contributed by atoms with Crippen LogP contribution in [0.5, 0.6) is 0 Å². The molecule has 2 aromatic heterocycles. The first kappa shape index (κ1) is 14.3. The van der Waals surface area contributed by atoms with Crippen LogP contribution in [0, 0.1) is 6.92 Å². The third-order valence-electron chi connectivity index (χ3n) is 3.94. The number of anilines is 1. The van der Waals surface area contributed by atoms with Crippen LogP contribution in [0.3, 0.4) is 0 Å². The van der Waals surface area contributed by atoms with Crippen LogP contribution in [0.1, 0.15) is 5.56 Å². The molecule has 0 radical (unpaired) electrons. The van der Waals surface area contributed by atoms with E-state index in [4.69, 9.17) is 0 Å². The minimum Gasteiger partial charge on any atom is -0.354 e. The number of hydrogen-bond donors (Lipinski definition) is 1. The Kier molecular flexibility index (Phi) is 3.59. The molecule has 0 amide bonds. The Morgan fingerprint density at radius 2 is 2.04 bits per heavy atom. The van der Waals surface area contributed by atoms with Gasteiger partial charge in [0, 0.05) is 37.8 Å². The second-order valence-corrected chi connectivity index (χ2v) is 6.62. The molecule has 4 rings (SSSR count). The van der Waals surface area contributed by atoms with Gasteiger partial charge in [-0.3, -0.25) is 4.79 Å². The molecular formula is C16H17N5OS. The van der Waals surface area contributed by atoms with E-state index >= 15 is 0 Å². The summed E-state index contributed by atoms with van der Waals surface area (Å²) < 4.78 is 1.40. The van der Waals surface area contributed by atoms with Crippen LogP contribution in [0.15, 0.2) is 35.1 Å². The van der Waals surface area contributed by atoms with Gasteiger partial charge in [0.2, 0.25) is 4.96 Å². The third-order valence-corrected chi connectivity index (χ3v) is 4.90. The molecule has 1 aliphatic heterocycles. The second kappa shape index (κ2) is 5.75. The van der Waals surface area contributed by atoms with E-state index in [1.54, 1.807) is 6.07 Å². The third kappa shape index (κ3) is 2.73. The maximum atomic E-state index is 12.4. The van der Waals surface area contributed by atoms with Gasteiger partial charge >= 0.3 is 0 Å². The van der Waals surface area contributed by atoms with Gasteiger partial charge in [-0.15, -0.1) is 0 Å². The number of hydrogen-bond acceptors (Lipinski definition) is 6. The van der Waals surface area contributed by atoms with E-state index in [1.807, 2.05) is 25.1 Å². The van der Waals surface area contributed by atoms with E-state index in [-0.39, 0.29) is 5.56 Å². The van der Waals surface area contributed by atoms with E-state index in [2.05, 4.69) is 26.4 Å². The Labute approximate surface area is 137 Å². The highest BCUT2D eigenvalue weighted by Crippen LogP contribution is 2.25. The number of piperazine rings is 1. The SMILES string of the molecule is Cc1cccc(-c2nn3c(=O)cc(N4CCNCC4)nc3s2)c1. The van der Waals surface area contributed by atoms with E-state index in [9.17, 15) is 4.79 Å². The summed E-state index contributed by atoms with van der Waals surface area (Å²) in [6.07, 6.45) is 0. The number of aryl methyl sites for hydroxylation is 1. The Balaban J connectivity index is 1.79.